The minimum absolute atomic E-state index is 0.547. The fraction of sp³-hybridized carbons (Fsp3) is 0.600. The maximum atomic E-state index is 9.74. The number of likely N-dealkylation sites (N-methyl/N-ethyl adjacent to an activating group) is 1. The molecule has 1 rings (SSSR count). The van der Waals surface area contributed by atoms with E-state index in [1.165, 1.54) is 0 Å². The van der Waals surface area contributed by atoms with Gasteiger partial charge in [0, 0.05) is 18.2 Å². The first kappa shape index (κ1) is 15.8. The molecular formula is C15H25NO3. The van der Waals surface area contributed by atoms with Crippen LogP contribution in [0, 0.1) is 0 Å². The molecule has 0 aliphatic carbocycles. The lowest BCUT2D eigenvalue weighted by molar-refractivity contribution is 0.184. The van der Waals surface area contributed by atoms with Gasteiger partial charge in [-0.15, -0.1) is 0 Å². The van der Waals surface area contributed by atoms with Gasteiger partial charge in [0.15, 0.2) is 0 Å². The largest absolute Gasteiger partial charge is 0.497 e. The summed E-state index contributed by atoms with van der Waals surface area (Å²) in [5.41, 5.74) is 0.792. The first-order valence-electron chi connectivity index (χ1n) is 6.83. The minimum atomic E-state index is -0.547. The van der Waals surface area contributed by atoms with E-state index in [-0.39, 0.29) is 0 Å². The monoisotopic (exact) mass is 267 g/mol. The molecule has 0 heterocycles. The van der Waals surface area contributed by atoms with E-state index in [0.29, 0.717) is 12.4 Å². The van der Waals surface area contributed by atoms with Crippen molar-refractivity contribution in [2.45, 2.75) is 26.9 Å². The summed E-state index contributed by atoms with van der Waals surface area (Å²) in [7, 11) is 1.62. The van der Waals surface area contributed by atoms with E-state index in [1.807, 2.05) is 18.2 Å². The molecule has 108 valence electrons. The topological polar surface area (TPSA) is 41.9 Å². The predicted octanol–water partition coefficient (Wildman–Crippen LogP) is 2.47. The molecule has 0 aliphatic heterocycles. The Morgan fingerprint density at radius 3 is 2.47 bits per heavy atom. The molecule has 0 bridgehead atoms. The van der Waals surface area contributed by atoms with Crippen molar-refractivity contribution in [3.63, 3.8) is 0 Å². The third-order valence-corrected chi connectivity index (χ3v) is 3.23. The predicted molar refractivity (Wildman–Crippen MR) is 76.9 cm³/mol. The number of benzene rings is 1. The summed E-state index contributed by atoms with van der Waals surface area (Å²) in [6.45, 7) is 9.52. The minimum Gasteiger partial charge on any atom is -0.497 e. The summed E-state index contributed by atoms with van der Waals surface area (Å²) in [4.78, 5) is 2.29. The summed E-state index contributed by atoms with van der Waals surface area (Å²) in [6.07, 6.45) is -0.547. The number of methoxy groups -OCH3 is 1. The molecule has 4 heteroatoms. The van der Waals surface area contributed by atoms with Gasteiger partial charge >= 0.3 is 0 Å². The number of hydrogen-bond donors (Lipinski definition) is 1. The number of ether oxygens (including phenoxy) is 2. The second-order valence-electron chi connectivity index (χ2n) is 4.46. The molecule has 1 atom stereocenters. The zero-order chi connectivity index (χ0) is 14.3. The molecule has 0 unspecified atom stereocenters. The number of nitrogens with zero attached hydrogens (tertiary/aromatic N) is 1. The Balaban J connectivity index is 2.69. The average molecular weight is 267 g/mol. The van der Waals surface area contributed by atoms with Crippen molar-refractivity contribution < 1.29 is 14.6 Å². The highest BCUT2D eigenvalue weighted by atomic mass is 16.5. The van der Waals surface area contributed by atoms with Crippen molar-refractivity contribution in [1.29, 1.82) is 0 Å². The lowest BCUT2D eigenvalue weighted by atomic mass is 10.1. The van der Waals surface area contributed by atoms with Crippen LogP contribution in [0.4, 0.5) is 0 Å². The van der Waals surface area contributed by atoms with Crippen LogP contribution in [-0.2, 0) is 0 Å². The maximum Gasteiger partial charge on any atom is 0.128 e. The first-order valence-corrected chi connectivity index (χ1v) is 6.83. The molecule has 1 N–H and O–H groups in total. The van der Waals surface area contributed by atoms with Gasteiger partial charge in [0.25, 0.3) is 0 Å². The molecule has 0 spiro atoms. The zero-order valence-corrected chi connectivity index (χ0v) is 12.3. The molecule has 0 radical (unpaired) electrons. The lowest BCUT2D eigenvalue weighted by Gasteiger charge is -2.19. The Bertz CT molecular complexity index is 376. The molecule has 0 aliphatic rings. The van der Waals surface area contributed by atoms with E-state index in [2.05, 4.69) is 18.7 Å². The van der Waals surface area contributed by atoms with Gasteiger partial charge in [-0.25, -0.2) is 0 Å². The molecule has 1 aromatic rings. The summed E-state index contributed by atoms with van der Waals surface area (Å²) >= 11 is 0. The standard InChI is InChI=1S/C15H25NO3/c1-5-16(6-2)9-10-19-15-11-13(18-4)7-8-14(15)12(3)17/h7-8,11-12,17H,5-6,9-10H2,1-4H3/t12-/m0/s1. The van der Waals surface area contributed by atoms with Crippen LogP contribution in [0.1, 0.15) is 32.4 Å². The van der Waals surface area contributed by atoms with Gasteiger partial charge in [-0.3, -0.25) is 0 Å². The summed E-state index contributed by atoms with van der Waals surface area (Å²) in [6, 6.07) is 5.50. The highest BCUT2D eigenvalue weighted by Gasteiger charge is 2.11. The SMILES string of the molecule is CCN(CC)CCOc1cc(OC)ccc1[C@H](C)O. The van der Waals surface area contributed by atoms with E-state index in [1.54, 1.807) is 14.0 Å². The Morgan fingerprint density at radius 2 is 1.95 bits per heavy atom. The summed E-state index contributed by atoms with van der Waals surface area (Å²) < 4.78 is 11.0. The maximum absolute atomic E-state index is 9.74. The quantitative estimate of drug-likeness (QED) is 0.785. The molecule has 4 nitrogen and oxygen atoms in total. The molecule has 0 amide bonds. The zero-order valence-electron chi connectivity index (χ0n) is 12.3. The molecular weight excluding hydrogens is 242 g/mol. The Morgan fingerprint density at radius 1 is 1.26 bits per heavy atom. The molecule has 0 aromatic heterocycles. The van der Waals surface area contributed by atoms with Gasteiger partial charge in [0.2, 0.25) is 0 Å². The van der Waals surface area contributed by atoms with Gasteiger partial charge < -0.3 is 19.5 Å². The second-order valence-corrected chi connectivity index (χ2v) is 4.46. The van der Waals surface area contributed by atoms with Gasteiger partial charge in [-0.2, -0.15) is 0 Å². The number of aliphatic hydroxyl groups excluding tert-OH is 1. The fourth-order valence-electron chi connectivity index (χ4n) is 1.94. The van der Waals surface area contributed by atoms with Gasteiger partial charge in [-0.05, 0) is 32.1 Å². The van der Waals surface area contributed by atoms with Crippen LogP contribution in [0.25, 0.3) is 0 Å². The van der Waals surface area contributed by atoms with Crippen molar-refractivity contribution in [1.82, 2.24) is 4.90 Å². The van der Waals surface area contributed by atoms with E-state index < -0.39 is 6.10 Å². The van der Waals surface area contributed by atoms with Crippen LogP contribution in [-0.4, -0.2) is 43.4 Å². The third-order valence-electron chi connectivity index (χ3n) is 3.23. The Hall–Kier alpha value is -1.26. The smallest absolute Gasteiger partial charge is 0.128 e. The molecule has 0 saturated heterocycles. The van der Waals surface area contributed by atoms with Crippen LogP contribution in [0.2, 0.25) is 0 Å². The van der Waals surface area contributed by atoms with Crippen molar-refractivity contribution in [3.8, 4) is 11.5 Å². The second kappa shape index (κ2) is 8.02. The van der Waals surface area contributed by atoms with Crippen molar-refractivity contribution in [3.05, 3.63) is 23.8 Å². The van der Waals surface area contributed by atoms with E-state index >= 15 is 0 Å². The Labute approximate surface area is 115 Å². The van der Waals surface area contributed by atoms with Crippen LogP contribution in [0.5, 0.6) is 11.5 Å². The average Bonchev–Trinajstić information content (AvgIpc) is 2.43. The fourth-order valence-corrected chi connectivity index (χ4v) is 1.94. The van der Waals surface area contributed by atoms with Crippen LogP contribution >= 0.6 is 0 Å². The van der Waals surface area contributed by atoms with E-state index in [9.17, 15) is 5.11 Å². The highest BCUT2D eigenvalue weighted by Crippen LogP contribution is 2.29. The lowest BCUT2D eigenvalue weighted by Crippen LogP contribution is -2.28. The summed E-state index contributed by atoms with van der Waals surface area (Å²) in [5.74, 6) is 1.43. The normalized spacial score (nSPS) is 12.5. The molecule has 19 heavy (non-hydrogen) atoms. The van der Waals surface area contributed by atoms with Crippen LogP contribution < -0.4 is 9.47 Å². The number of hydrogen-bond acceptors (Lipinski definition) is 4. The third kappa shape index (κ3) is 4.73. The van der Waals surface area contributed by atoms with E-state index in [4.69, 9.17) is 9.47 Å². The number of aliphatic hydroxyl groups is 1. The molecule has 0 saturated carbocycles. The van der Waals surface area contributed by atoms with Gasteiger partial charge in [-0.1, -0.05) is 13.8 Å². The van der Waals surface area contributed by atoms with Crippen molar-refractivity contribution in [2.75, 3.05) is 33.4 Å². The van der Waals surface area contributed by atoms with Crippen molar-refractivity contribution in [2.24, 2.45) is 0 Å². The molecule has 0 fully saturated rings. The van der Waals surface area contributed by atoms with Crippen molar-refractivity contribution >= 4 is 0 Å². The first-order chi connectivity index (χ1) is 9.12. The number of rotatable bonds is 8. The highest BCUT2D eigenvalue weighted by molar-refractivity contribution is 5.41. The van der Waals surface area contributed by atoms with Gasteiger partial charge in [0.1, 0.15) is 18.1 Å². The summed E-state index contributed by atoms with van der Waals surface area (Å²) in [5, 5.41) is 9.74. The van der Waals surface area contributed by atoms with Crippen LogP contribution in [0.3, 0.4) is 0 Å². The molecule has 1 aromatic carbocycles. The Kier molecular flexibility index (Phi) is 6.67. The van der Waals surface area contributed by atoms with Gasteiger partial charge in [0.05, 0.1) is 13.2 Å². The van der Waals surface area contributed by atoms with Crippen LogP contribution in [0.15, 0.2) is 18.2 Å². The van der Waals surface area contributed by atoms with E-state index in [0.717, 1.165) is 30.9 Å².